The normalized spacial score (nSPS) is 15.3. The van der Waals surface area contributed by atoms with Crippen LogP contribution in [0.15, 0.2) is 18.2 Å². The molecule has 1 heterocycles. The second-order valence-corrected chi connectivity index (χ2v) is 7.43. The maximum Gasteiger partial charge on any atom is 0.258 e. The van der Waals surface area contributed by atoms with Crippen LogP contribution < -0.4 is 10.1 Å². The Balaban J connectivity index is 1.71. The molecule has 0 radical (unpaired) electrons. The summed E-state index contributed by atoms with van der Waals surface area (Å²) in [6.07, 6.45) is 2.16. The van der Waals surface area contributed by atoms with Crippen molar-refractivity contribution in [2.24, 2.45) is 5.92 Å². The zero-order valence-electron chi connectivity index (χ0n) is 15.2. The van der Waals surface area contributed by atoms with Gasteiger partial charge in [0.2, 0.25) is 5.91 Å². The van der Waals surface area contributed by atoms with Gasteiger partial charge in [0.1, 0.15) is 5.75 Å². The SMILES string of the molecule is Cc1cc(OCC(=O)NC2CCN(C(=O)CC(C)C)CC2)ccc1Cl. The maximum absolute atomic E-state index is 12.1. The molecule has 0 saturated carbocycles. The van der Waals surface area contributed by atoms with Crippen LogP contribution >= 0.6 is 11.6 Å². The van der Waals surface area contributed by atoms with Crippen LogP contribution in [0.5, 0.6) is 5.75 Å². The van der Waals surface area contributed by atoms with Crippen LogP contribution in [0.2, 0.25) is 5.02 Å². The number of hydrogen-bond acceptors (Lipinski definition) is 3. The van der Waals surface area contributed by atoms with Crippen molar-refractivity contribution in [3.63, 3.8) is 0 Å². The standard InChI is InChI=1S/C19H27ClN2O3/c1-13(2)10-19(24)22-8-6-15(7-9-22)21-18(23)12-25-16-4-5-17(20)14(3)11-16/h4-5,11,13,15H,6-10,12H2,1-3H3,(H,21,23). The summed E-state index contributed by atoms with van der Waals surface area (Å²) in [5.41, 5.74) is 0.915. The summed E-state index contributed by atoms with van der Waals surface area (Å²) in [6.45, 7) is 7.37. The Morgan fingerprint density at radius 3 is 2.60 bits per heavy atom. The molecule has 6 heteroatoms. The largest absolute Gasteiger partial charge is 0.484 e. The molecule has 0 spiro atoms. The molecule has 5 nitrogen and oxygen atoms in total. The molecular weight excluding hydrogens is 340 g/mol. The van der Waals surface area contributed by atoms with E-state index in [1.807, 2.05) is 31.7 Å². The Kier molecular flexibility index (Phi) is 7.12. The van der Waals surface area contributed by atoms with E-state index in [4.69, 9.17) is 16.3 Å². The minimum atomic E-state index is -0.139. The number of carbonyl (C=O) groups excluding carboxylic acids is 2. The van der Waals surface area contributed by atoms with Crippen molar-refractivity contribution >= 4 is 23.4 Å². The van der Waals surface area contributed by atoms with Gasteiger partial charge in [0, 0.05) is 30.6 Å². The summed E-state index contributed by atoms with van der Waals surface area (Å²) in [5, 5.41) is 3.66. The number of benzene rings is 1. The highest BCUT2D eigenvalue weighted by atomic mass is 35.5. The molecule has 1 aliphatic rings. The van der Waals surface area contributed by atoms with Gasteiger partial charge >= 0.3 is 0 Å². The summed E-state index contributed by atoms with van der Waals surface area (Å²) in [6, 6.07) is 5.43. The van der Waals surface area contributed by atoms with Crippen LogP contribution in [0.25, 0.3) is 0 Å². The van der Waals surface area contributed by atoms with E-state index in [2.05, 4.69) is 5.32 Å². The Labute approximate surface area is 154 Å². The van der Waals surface area contributed by atoms with E-state index in [0.717, 1.165) is 18.4 Å². The predicted molar refractivity (Wildman–Crippen MR) is 98.9 cm³/mol. The van der Waals surface area contributed by atoms with Crippen molar-refractivity contribution in [1.82, 2.24) is 10.2 Å². The molecule has 1 aliphatic heterocycles. The van der Waals surface area contributed by atoms with E-state index in [1.54, 1.807) is 12.1 Å². The number of carbonyl (C=O) groups is 2. The van der Waals surface area contributed by atoms with Crippen molar-refractivity contribution in [2.75, 3.05) is 19.7 Å². The Morgan fingerprint density at radius 2 is 2.00 bits per heavy atom. The molecule has 2 amide bonds. The van der Waals surface area contributed by atoms with Crippen molar-refractivity contribution in [3.05, 3.63) is 28.8 Å². The van der Waals surface area contributed by atoms with Crippen LogP contribution in [0.1, 0.15) is 38.7 Å². The monoisotopic (exact) mass is 366 g/mol. The van der Waals surface area contributed by atoms with Gasteiger partial charge in [-0.1, -0.05) is 25.4 Å². The summed E-state index contributed by atoms with van der Waals surface area (Å²) in [7, 11) is 0. The molecule has 25 heavy (non-hydrogen) atoms. The molecule has 1 saturated heterocycles. The number of likely N-dealkylation sites (tertiary alicyclic amines) is 1. The summed E-state index contributed by atoms with van der Waals surface area (Å²) < 4.78 is 5.51. The number of halogens is 1. The van der Waals surface area contributed by atoms with Gasteiger partial charge in [0.05, 0.1) is 0 Å². The van der Waals surface area contributed by atoms with Crippen molar-refractivity contribution in [1.29, 1.82) is 0 Å². The van der Waals surface area contributed by atoms with Crippen LogP contribution in [-0.2, 0) is 9.59 Å². The third-order valence-electron chi connectivity index (χ3n) is 4.29. The fourth-order valence-electron chi connectivity index (χ4n) is 2.88. The maximum atomic E-state index is 12.1. The molecule has 0 aliphatic carbocycles. The average Bonchev–Trinajstić information content (AvgIpc) is 2.56. The minimum absolute atomic E-state index is 0.0203. The van der Waals surface area contributed by atoms with E-state index < -0.39 is 0 Å². The van der Waals surface area contributed by atoms with Crippen molar-refractivity contribution < 1.29 is 14.3 Å². The fraction of sp³-hybridized carbons (Fsp3) is 0.579. The highest BCUT2D eigenvalue weighted by molar-refractivity contribution is 6.31. The van der Waals surface area contributed by atoms with Crippen LogP contribution in [0.4, 0.5) is 0 Å². The molecule has 0 atom stereocenters. The quantitative estimate of drug-likeness (QED) is 0.841. The summed E-state index contributed by atoms with van der Waals surface area (Å²) in [5.74, 6) is 1.07. The first-order valence-corrected chi connectivity index (χ1v) is 9.19. The first kappa shape index (κ1) is 19.6. The number of hydrogen-bond donors (Lipinski definition) is 1. The van der Waals surface area contributed by atoms with Crippen molar-refractivity contribution in [2.45, 2.75) is 46.1 Å². The number of nitrogens with one attached hydrogen (secondary N) is 1. The van der Waals surface area contributed by atoms with Gasteiger partial charge in [-0.2, -0.15) is 0 Å². The summed E-state index contributed by atoms with van der Waals surface area (Å²) in [4.78, 5) is 26.0. The number of amides is 2. The summed E-state index contributed by atoms with van der Waals surface area (Å²) >= 11 is 5.97. The van der Waals surface area contributed by atoms with Gasteiger partial charge in [-0.25, -0.2) is 0 Å². The third-order valence-corrected chi connectivity index (χ3v) is 4.72. The Bertz CT molecular complexity index is 611. The van der Waals surface area contributed by atoms with Gasteiger partial charge in [-0.15, -0.1) is 0 Å². The lowest BCUT2D eigenvalue weighted by Crippen LogP contribution is -2.47. The molecule has 1 N–H and O–H groups in total. The van der Waals surface area contributed by atoms with Crippen LogP contribution in [0.3, 0.4) is 0 Å². The zero-order chi connectivity index (χ0) is 18.4. The third kappa shape index (κ3) is 6.24. The van der Waals surface area contributed by atoms with Gasteiger partial charge in [0.25, 0.3) is 5.91 Å². The van der Waals surface area contributed by atoms with Gasteiger partial charge in [0.15, 0.2) is 6.61 Å². The van der Waals surface area contributed by atoms with E-state index in [0.29, 0.717) is 36.2 Å². The smallest absolute Gasteiger partial charge is 0.258 e. The molecule has 138 valence electrons. The lowest BCUT2D eigenvalue weighted by molar-refractivity contribution is -0.133. The molecular formula is C19H27ClN2O3. The number of nitrogens with zero attached hydrogens (tertiary/aromatic N) is 1. The number of ether oxygens (including phenoxy) is 1. The number of rotatable bonds is 6. The molecule has 0 aromatic heterocycles. The molecule has 0 bridgehead atoms. The first-order chi connectivity index (χ1) is 11.8. The second-order valence-electron chi connectivity index (χ2n) is 7.02. The molecule has 1 fully saturated rings. The van der Waals surface area contributed by atoms with Crippen LogP contribution in [-0.4, -0.2) is 42.5 Å². The zero-order valence-corrected chi connectivity index (χ0v) is 15.9. The fourth-order valence-corrected chi connectivity index (χ4v) is 2.99. The van der Waals surface area contributed by atoms with E-state index in [-0.39, 0.29) is 24.5 Å². The van der Waals surface area contributed by atoms with Gasteiger partial charge < -0.3 is 15.0 Å². The van der Waals surface area contributed by atoms with Crippen molar-refractivity contribution in [3.8, 4) is 5.75 Å². The van der Waals surface area contributed by atoms with Gasteiger partial charge in [-0.3, -0.25) is 9.59 Å². The highest BCUT2D eigenvalue weighted by Gasteiger charge is 2.24. The highest BCUT2D eigenvalue weighted by Crippen LogP contribution is 2.21. The lowest BCUT2D eigenvalue weighted by atomic mass is 10.0. The lowest BCUT2D eigenvalue weighted by Gasteiger charge is -2.32. The Hall–Kier alpha value is -1.75. The topological polar surface area (TPSA) is 58.6 Å². The van der Waals surface area contributed by atoms with Crippen LogP contribution in [0, 0.1) is 12.8 Å². The van der Waals surface area contributed by atoms with E-state index in [1.165, 1.54) is 0 Å². The molecule has 0 unspecified atom stereocenters. The van der Waals surface area contributed by atoms with E-state index in [9.17, 15) is 9.59 Å². The first-order valence-electron chi connectivity index (χ1n) is 8.81. The second kappa shape index (κ2) is 9.09. The Morgan fingerprint density at radius 1 is 1.32 bits per heavy atom. The van der Waals surface area contributed by atoms with Gasteiger partial charge in [-0.05, 0) is 49.4 Å². The average molecular weight is 367 g/mol. The molecule has 1 aromatic carbocycles. The number of piperidine rings is 1. The molecule has 2 rings (SSSR count). The number of aryl methyl sites for hydroxylation is 1. The molecule has 1 aromatic rings. The predicted octanol–water partition coefficient (Wildman–Crippen LogP) is 3.18. The van der Waals surface area contributed by atoms with E-state index >= 15 is 0 Å². The minimum Gasteiger partial charge on any atom is -0.484 e.